The maximum Gasteiger partial charge on any atom is 0.260 e. The van der Waals surface area contributed by atoms with Crippen molar-refractivity contribution in [3.8, 4) is 5.75 Å². The summed E-state index contributed by atoms with van der Waals surface area (Å²) >= 11 is 0. The zero-order chi connectivity index (χ0) is 15.4. The number of piperidine rings is 1. The molecule has 0 unspecified atom stereocenters. The van der Waals surface area contributed by atoms with Gasteiger partial charge in [0.1, 0.15) is 17.4 Å². The largest absolute Gasteiger partial charge is 0.484 e. The normalized spacial score (nSPS) is 18.2. The van der Waals surface area contributed by atoms with Gasteiger partial charge in [0.25, 0.3) is 5.91 Å². The Morgan fingerprint density at radius 2 is 2.41 bits per heavy atom. The van der Waals surface area contributed by atoms with Crippen LogP contribution in [0.3, 0.4) is 0 Å². The summed E-state index contributed by atoms with van der Waals surface area (Å²) in [5.41, 5.74) is 0. The number of amides is 1. The van der Waals surface area contributed by atoms with E-state index in [1.54, 1.807) is 29.4 Å². The van der Waals surface area contributed by atoms with Gasteiger partial charge < -0.3 is 14.6 Å². The van der Waals surface area contributed by atoms with Gasteiger partial charge in [-0.15, -0.1) is 0 Å². The SMILES string of the molecule is O=C(COc1cccc(F)c1)N1CCC[C@H](c2ncc[nH]2)C1. The fraction of sp³-hybridized carbons (Fsp3) is 0.375. The Morgan fingerprint density at radius 3 is 3.18 bits per heavy atom. The number of halogens is 1. The number of H-pyrrole nitrogens is 1. The summed E-state index contributed by atoms with van der Waals surface area (Å²) < 4.78 is 18.4. The van der Waals surface area contributed by atoms with Gasteiger partial charge in [0.15, 0.2) is 6.61 Å². The second kappa shape index (κ2) is 6.60. The maximum absolute atomic E-state index is 13.1. The smallest absolute Gasteiger partial charge is 0.260 e. The number of nitrogens with zero attached hydrogens (tertiary/aromatic N) is 2. The standard InChI is InChI=1S/C16H18FN3O2/c17-13-4-1-5-14(9-13)22-11-15(21)20-8-2-3-12(10-20)16-18-6-7-19-16/h1,4-7,9,12H,2-3,8,10-11H2,(H,18,19)/t12-/m0/s1. The number of rotatable bonds is 4. The van der Waals surface area contributed by atoms with E-state index in [1.165, 1.54) is 12.1 Å². The molecule has 116 valence electrons. The van der Waals surface area contributed by atoms with Crippen LogP contribution in [-0.4, -0.2) is 40.5 Å². The number of likely N-dealkylation sites (tertiary alicyclic amines) is 1. The van der Waals surface area contributed by atoms with Gasteiger partial charge in [-0.1, -0.05) is 6.07 Å². The zero-order valence-corrected chi connectivity index (χ0v) is 12.2. The van der Waals surface area contributed by atoms with Gasteiger partial charge >= 0.3 is 0 Å². The summed E-state index contributed by atoms with van der Waals surface area (Å²) in [5.74, 6) is 1.07. The van der Waals surface area contributed by atoms with Crippen LogP contribution in [0.4, 0.5) is 4.39 Å². The van der Waals surface area contributed by atoms with Crippen LogP contribution >= 0.6 is 0 Å². The molecule has 0 bridgehead atoms. The monoisotopic (exact) mass is 303 g/mol. The predicted octanol–water partition coefficient (Wildman–Crippen LogP) is 2.33. The molecule has 1 atom stereocenters. The summed E-state index contributed by atoms with van der Waals surface area (Å²) in [6, 6.07) is 5.81. The van der Waals surface area contributed by atoms with Crippen molar-refractivity contribution in [2.24, 2.45) is 0 Å². The molecule has 0 spiro atoms. The van der Waals surface area contributed by atoms with Crippen LogP contribution in [0.5, 0.6) is 5.75 Å². The van der Waals surface area contributed by atoms with Crippen molar-refractivity contribution in [1.82, 2.24) is 14.9 Å². The molecule has 1 amide bonds. The number of imidazole rings is 1. The van der Waals surface area contributed by atoms with Gasteiger partial charge in [0.2, 0.25) is 0 Å². The molecular formula is C16H18FN3O2. The lowest BCUT2D eigenvalue weighted by molar-refractivity contribution is -0.134. The Morgan fingerprint density at radius 1 is 1.50 bits per heavy atom. The Hall–Kier alpha value is -2.37. The first-order chi connectivity index (χ1) is 10.7. The highest BCUT2D eigenvalue weighted by atomic mass is 19.1. The first kappa shape index (κ1) is 14.6. The van der Waals surface area contributed by atoms with Crippen molar-refractivity contribution < 1.29 is 13.9 Å². The minimum absolute atomic E-state index is 0.0751. The first-order valence-electron chi connectivity index (χ1n) is 7.38. The molecule has 0 radical (unpaired) electrons. The number of nitrogens with one attached hydrogen (secondary N) is 1. The Bertz CT molecular complexity index is 630. The molecular weight excluding hydrogens is 285 g/mol. The van der Waals surface area contributed by atoms with Crippen LogP contribution in [0.1, 0.15) is 24.6 Å². The van der Waals surface area contributed by atoms with Gasteiger partial charge in [0.05, 0.1) is 0 Å². The van der Waals surface area contributed by atoms with E-state index >= 15 is 0 Å². The molecule has 5 nitrogen and oxygen atoms in total. The molecule has 1 aromatic heterocycles. The van der Waals surface area contributed by atoms with Crippen molar-refractivity contribution >= 4 is 5.91 Å². The summed E-state index contributed by atoms with van der Waals surface area (Å²) in [5, 5.41) is 0. The topological polar surface area (TPSA) is 58.2 Å². The fourth-order valence-corrected chi connectivity index (χ4v) is 2.72. The number of hydrogen-bond donors (Lipinski definition) is 1. The van der Waals surface area contributed by atoms with E-state index in [-0.39, 0.29) is 24.2 Å². The third kappa shape index (κ3) is 3.44. The number of ether oxygens (including phenoxy) is 1. The molecule has 1 saturated heterocycles. The number of carbonyl (C=O) groups excluding carboxylic acids is 1. The second-order valence-electron chi connectivity index (χ2n) is 5.40. The Labute approximate surface area is 128 Å². The molecule has 22 heavy (non-hydrogen) atoms. The molecule has 1 N–H and O–H groups in total. The summed E-state index contributed by atoms with van der Waals surface area (Å²) in [6.07, 6.45) is 5.48. The van der Waals surface area contributed by atoms with E-state index in [4.69, 9.17) is 4.74 Å². The van der Waals surface area contributed by atoms with Crippen LogP contribution in [0.2, 0.25) is 0 Å². The zero-order valence-electron chi connectivity index (χ0n) is 12.2. The molecule has 0 saturated carbocycles. The summed E-state index contributed by atoms with van der Waals surface area (Å²) in [7, 11) is 0. The maximum atomic E-state index is 13.1. The third-order valence-corrected chi connectivity index (χ3v) is 3.84. The van der Waals surface area contributed by atoms with Gasteiger partial charge in [-0.3, -0.25) is 4.79 Å². The fourth-order valence-electron chi connectivity index (χ4n) is 2.72. The lowest BCUT2D eigenvalue weighted by Gasteiger charge is -2.31. The second-order valence-corrected chi connectivity index (χ2v) is 5.40. The van der Waals surface area contributed by atoms with Gasteiger partial charge in [-0.25, -0.2) is 9.37 Å². The van der Waals surface area contributed by atoms with E-state index in [1.807, 2.05) is 0 Å². The van der Waals surface area contributed by atoms with Crippen LogP contribution in [0, 0.1) is 5.82 Å². The van der Waals surface area contributed by atoms with Crippen molar-refractivity contribution in [3.63, 3.8) is 0 Å². The number of aromatic nitrogens is 2. The first-order valence-corrected chi connectivity index (χ1v) is 7.38. The van der Waals surface area contributed by atoms with Gasteiger partial charge in [-0.2, -0.15) is 0 Å². The van der Waals surface area contributed by atoms with Gasteiger partial charge in [0, 0.05) is 37.5 Å². The molecule has 1 aromatic carbocycles. The molecule has 0 aliphatic carbocycles. The molecule has 1 aliphatic heterocycles. The van der Waals surface area contributed by atoms with E-state index in [2.05, 4.69) is 9.97 Å². The van der Waals surface area contributed by atoms with E-state index < -0.39 is 0 Å². The number of aromatic amines is 1. The highest BCUT2D eigenvalue weighted by molar-refractivity contribution is 5.78. The van der Waals surface area contributed by atoms with Crippen LogP contribution in [0.15, 0.2) is 36.7 Å². The number of carbonyl (C=O) groups is 1. The van der Waals surface area contributed by atoms with Crippen LogP contribution in [-0.2, 0) is 4.79 Å². The highest BCUT2D eigenvalue weighted by Gasteiger charge is 2.26. The number of hydrogen-bond acceptors (Lipinski definition) is 3. The summed E-state index contributed by atoms with van der Waals surface area (Å²) in [4.78, 5) is 21.4. The molecule has 6 heteroatoms. The average Bonchev–Trinajstić information content (AvgIpc) is 3.07. The van der Waals surface area contributed by atoms with Crippen molar-refractivity contribution in [2.45, 2.75) is 18.8 Å². The van der Waals surface area contributed by atoms with Crippen molar-refractivity contribution in [1.29, 1.82) is 0 Å². The van der Waals surface area contributed by atoms with Gasteiger partial charge in [-0.05, 0) is 25.0 Å². The van der Waals surface area contributed by atoms with Crippen LogP contribution in [0.25, 0.3) is 0 Å². The van der Waals surface area contributed by atoms with Crippen molar-refractivity contribution in [2.75, 3.05) is 19.7 Å². The highest BCUT2D eigenvalue weighted by Crippen LogP contribution is 2.24. The molecule has 3 rings (SSSR count). The minimum atomic E-state index is -0.374. The lowest BCUT2D eigenvalue weighted by Crippen LogP contribution is -2.41. The average molecular weight is 303 g/mol. The molecule has 1 aliphatic rings. The third-order valence-electron chi connectivity index (χ3n) is 3.84. The Kier molecular flexibility index (Phi) is 4.37. The van der Waals surface area contributed by atoms with E-state index in [0.717, 1.165) is 25.2 Å². The minimum Gasteiger partial charge on any atom is -0.484 e. The van der Waals surface area contributed by atoms with Crippen molar-refractivity contribution in [3.05, 3.63) is 48.3 Å². The lowest BCUT2D eigenvalue weighted by atomic mass is 9.97. The van der Waals surface area contributed by atoms with Crippen LogP contribution < -0.4 is 4.74 Å². The molecule has 1 fully saturated rings. The van der Waals surface area contributed by atoms with E-state index in [9.17, 15) is 9.18 Å². The number of benzene rings is 1. The summed E-state index contributed by atoms with van der Waals surface area (Å²) in [6.45, 7) is 1.29. The van der Waals surface area contributed by atoms with E-state index in [0.29, 0.717) is 12.3 Å². The quantitative estimate of drug-likeness (QED) is 0.943. The molecule has 2 heterocycles. The Balaban J connectivity index is 1.55. The molecule has 2 aromatic rings. The predicted molar refractivity (Wildman–Crippen MR) is 79.0 cm³/mol.